The number of carbonyl (C=O) groups excluding carboxylic acids is 1. The van der Waals surface area contributed by atoms with Crippen LogP contribution in [0.3, 0.4) is 0 Å². The van der Waals surface area contributed by atoms with E-state index in [2.05, 4.69) is 4.98 Å². The molecule has 0 spiro atoms. The molecule has 0 amide bonds. The second-order valence-electron chi connectivity index (χ2n) is 6.81. The number of nitrogens with zero attached hydrogens (tertiary/aromatic N) is 1. The fourth-order valence-electron chi connectivity index (χ4n) is 2.83. The highest BCUT2D eigenvalue weighted by Crippen LogP contribution is 2.79. The first-order valence-corrected chi connectivity index (χ1v) is 12.3. The maximum atomic E-state index is 14.3. The molecule has 10 nitrogen and oxygen atoms in total. The highest BCUT2D eigenvalue weighted by molar-refractivity contribution is 7.73. The molecule has 31 heavy (non-hydrogen) atoms. The molecule has 2 unspecified atom stereocenters. The largest absolute Gasteiger partial charge is 0.423 e. The summed E-state index contributed by atoms with van der Waals surface area (Å²) in [5.41, 5.74) is -0.0525. The van der Waals surface area contributed by atoms with E-state index in [1.807, 2.05) is 0 Å². The molecule has 2 aromatic rings. The highest BCUT2D eigenvalue weighted by Gasteiger charge is 2.67. The van der Waals surface area contributed by atoms with Gasteiger partial charge in [0, 0.05) is 30.8 Å². The van der Waals surface area contributed by atoms with Gasteiger partial charge in [0.1, 0.15) is 0 Å². The monoisotopic (exact) mass is 475 g/mol. The molecule has 0 radical (unpaired) electrons. The summed E-state index contributed by atoms with van der Waals surface area (Å²) in [7, 11) is -10.4. The summed E-state index contributed by atoms with van der Waals surface area (Å²) in [6, 6.07) is 5.84. The molecule has 0 bridgehead atoms. The lowest BCUT2D eigenvalue weighted by Crippen LogP contribution is -2.37. The molecule has 1 aromatic carbocycles. The molecule has 3 N–H and O–H groups in total. The zero-order chi connectivity index (χ0) is 22.9. The minimum Gasteiger partial charge on any atom is -0.423 e. The van der Waals surface area contributed by atoms with Crippen LogP contribution in [0.5, 0.6) is 5.75 Å². The Morgan fingerprint density at radius 1 is 1.26 bits per heavy atom. The Bertz CT molecular complexity index is 1040. The van der Waals surface area contributed by atoms with Gasteiger partial charge in [0.2, 0.25) is 6.29 Å². The van der Waals surface area contributed by atoms with Gasteiger partial charge in [-0.1, -0.05) is 19.1 Å². The van der Waals surface area contributed by atoms with Crippen molar-refractivity contribution < 1.29 is 47.0 Å². The van der Waals surface area contributed by atoms with Gasteiger partial charge in [-0.25, -0.2) is 4.39 Å². The number of aliphatic hydroxyl groups is 1. The first-order chi connectivity index (χ1) is 14.5. The summed E-state index contributed by atoms with van der Waals surface area (Å²) in [6.07, 6.45) is 0.533. The SMILES string of the molecule is CCCC(=O)Oc1ccc(C2OP(=O)(O)C(O)(Cc3cccnc3)P(=O)(O)O2)cc1F. The van der Waals surface area contributed by atoms with Crippen molar-refractivity contribution in [1.29, 1.82) is 0 Å². The maximum Gasteiger partial charge on any atom is 0.374 e. The van der Waals surface area contributed by atoms with E-state index in [1.54, 1.807) is 6.92 Å². The number of aromatic nitrogens is 1. The molecule has 1 aliphatic rings. The van der Waals surface area contributed by atoms with E-state index in [1.165, 1.54) is 24.5 Å². The van der Waals surface area contributed by atoms with Gasteiger partial charge >= 0.3 is 21.2 Å². The van der Waals surface area contributed by atoms with Crippen LogP contribution in [0.2, 0.25) is 0 Å². The van der Waals surface area contributed by atoms with Gasteiger partial charge in [-0.3, -0.25) is 28.0 Å². The number of hydrogen-bond donors (Lipinski definition) is 3. The molecule has 2 atom stereocenters. The van der Waals surface area contributed by atoms with Crippen molar-refractivity contribution in [2.45, 2.75) is 37.6 Å². The first kappa shape index (κ1) is 23.7. The number of rotatable bonds is 6. The van der Waals surface area contributed by atoms with E-state index >= 15 is 0 Å². The molecule has 0 aliphatic carbocycles. The number of hydrogen-bond acceptors (Lipinski definition) is 8. The van der Waals surface area contributed by atoms with E-state index in [9.17, 15) is 33.2 Å². The first-order valence-electron chi connectivity index (χ1n) is 9.13. The molecule has 1 aromatic heterocycles. The van der Waals surface area contributed by atoms with E-state index < -0.39 is 50.5 Å². The minimum atomic E-state index is -5.19. The van der Waals surface area contributed by atoms with Crippen molar-refractivity contribution in [3.8, 4) is 5.75 Å². The van der Waals surface area contributed by atoms with Crippen LogP contribution in [0.15, 0.2) is 42.7 Å². The Kier molecular flexibility index (Phi) is 6.78. The quantitative estimate of drug-likeness (QED) is 0.322. The molecule has 1 fully saturated rings. The molecule has 0 saturated carbocycles. The van der Waals surface area contributed by atoms with Gasteiger partial charge in [0.25, 0.3) is 5.08 Å². The summed E-state index contributed by atoms with van der Waals surface area (Å²) >= 11 is 0. The molecule has 1 aliphatic heterocycles. The molecule has 168 valence electrons. The van der Waals surface area contributed by atoms with E-state index in [4.69, 9.17) is 13.8 Å². The van der Waals surface area contributed by atoms with Gasteiger partial charge in [-0.05, 0) is 30.2 Å². The normalized spacial score (nSPS) is 30.7. The Balaban J connectivity index is 1.87. The maximum absolute atomic E-state index is 14.3. The summed E-state index contributed by atoms with van der Waals surface area (Å²) in [5, 5.41) is 7.50. The van der Waals surface area contributed by atoms with Gasteiger partial charge in [-0.15, -0.1) is 0 Å². The van der Waals surface area contributed by atoms with Crippen molar-refractivity contribution in [3.05, 3.63) is 59.7 Å². The Morgan fingerprint density at radius 2 is 1.94 bits per heavy atom. The number of carbonyl (C=O) groups is 1. The molecule has 3 rings (SSSR count). The molecule has 1 saturated heterocycles. The van der Waals surface area contributed by atoms with Crippen molar-refractivity contribution >= 4 is 21.2 Å². The topological polar surface area (TPSA) is 152 Å². The molecular weight excluding hydrogens is 455 g/mol. The van der Waals surface area contributed by atoms with E-state index in [-0.39, 0.29) is 17.5 Å². The van der Waals surface area contributed by atoms with Crippen LogP contribution >= 0.6 is 15.2 Å². The van der Waals surface area contributed by atoms with Gasteiger partial charge in [-0.2, -0.15) is 0 Å². The number of ether oxygens (including phenoxy) is 1. The standard InChI is InChI=1S/C18H20FNO9P2/c1-2-4-16(21)27-15-7-6-13(9-14(15)19)17-28-30(23,24)18(22,31(25,26)29-17)10-12-5-3-8-20-11-12/h3,5-9,11,17,22H,2,4,10H2,1H3,(H,23,24)(H,25,26). The Morgan fingerprint density at radius 3 is 2.48 bits per heavy atom. The summed E-state index contributed by atoms with van der Waals surface area (Å²) in [6.45, 7) is 1.74. The summed E-state index contributed by atoms with van der Waals surface area (Å²) in [5.74, 6) is -2.07. The third-order valence-electron chi connectivity index (χ3n) is 4.45. The van der Waals surface area contributed by atoms with Crippen LogP contribution in [-0.2, 0) is 29.4 Å². The van der Waals surface area contributed by atoms with Crippen LogP contribution < -0.4 is 4.74 Å². The third kappa shape index (κ3) is 4.78. The molecule has 13 heteroatoms. The number of esters is 1. The van der Waals surface area contributed by atoms with Crippen LogP contribution in [0.4, 0.5) is 4.39 Å². The smallest absolute Gasteiger partial charge is 0.374 e. The highest BCUT2D eigenvalue weighted by atomic mass is 31.2. The molecular formula is C18H20FNO9P2. The van der Waals surface area contributed by atoms with Crippen molar-refractivity contribution in [1.82, 2.24) is 4.98 Å². The van der Waals surface area contributed by atoms with Gasteiger partial charge < -0.3 is 19.6 Å². The number of halogens is 1. The predicted octanol–water partition coefficient (Wildman–Crippen LogP) is 3.23. The minimum absolute atomic E-state index is 0.0763. The van der Waals surface area contributed by atoms with E-state index in [0.29, 0.717) is 6.42 Å². The third-order valence-corrected chi connectivity index (χ3v) is 9.05. The van der Waals surface area contributed by atoms with Crippen LogP contribution in [0, 0.1) is 5.82 Å². The van der Waals surface area contributed by atoms with E-state index in [0.717, 1.165) is 18.2 Å². The fourth-order valence-corrected chi connectivity index (χ4v) is 6.41. The van der Waals surface area contributed by atoms with Gasteiger partial charge in [0.05, 0.1) is 0 Å². The second-order valence-corrected chi connectivity index (χ2v) is 11.1. The van der Waals surface area contributed by atoms with Crippen molar-refractivity contribution in [2.75, 3.05) is 0 Å². The van der Waals surface area contributed by atoms with Crippen molar-refractivity contribution in [2.24, 2.45) is 0 Å². The summed E-state index contributed by atoms with van der Waals surface area (Å²) < 4.78 is 54.5. The second kappa shape index (κ2) is 8.88. The van der Waals surface area contributed by atoms with Crippen LogP contribution in [-0.4, -0.2) is 30.9 Å². The fraction of sp³-hybridized carbons (Fsp3) is 0.333. The lowest BCUT2D eigenvalue weighted by molar-refractivity contribution is -0.134. The average molecular weight is 475 g/mol. The number of pyridine rings is 1. The Hall–Kier alpha value is -1.97. The van der Waals surface area contributed by atoms with Crippen molar-refractivity contribution in [3.63, 3.8) is 0 Å². The molecule has 2 heterocycles. The zero-order valence-corrected chi connectivity index (χ0v) is 18.0. The average Bonchev–Trinajstić information content (AvgIpc) is 2.68. The lowest BCUT2D eigenvalue weighted by Gasteiger charge is -2.41. The lowest BCUT2D eigenvalue weighted by atomic mass is 10.2. The van der Waals surface area contributed by atoms with Gasteiger partial charge in [0.15, 0.2) is 11.6 Å². The Labute approximate surface area is 176 Å². The zero-order valence-electron chi connectivity index (χ0n) is 16.3. The predicted molar refractivity (Wildman–Crippen MR) is 104 cm³/mol. The van der Waals surface area contributed by atoms with Crippen LogP contribution in [0.25, 0.3) is 0 Å². The number of benzene rings is 1. The summed E-state index contributed by atoms with van der Waals surface area (Å²) in [4.78, 5) is 35.9. The van der Waals surface area contributed by atoms with Crippen LogP contribution in [0.1, 0.15) is 37.2 Å².